The van der Waals surface area contributed by atoms with Crippen LogP contribution in [0.2, 0.25) is 5.02 Å². The second kappa shape index (κ2) is 8.64. The minimum Gasteiger partial charge on any atom is -0.326 e. The summed E-state index contributed by atoms with van der Waals surface area (Å²) < 4.78 is 27.7. The number of carbonyl (C=O) groups is 1. The van der Waals surface area contributed by atoms with Crippen molar-refractivity contribution in [1.29, 1.82) is 0 Å². The van der Waals surface area contributed by atoms with Crippen molar-refractivity contribution < 1.29 is 13.2 Å². The molecule has 1 aliphatic rings. The first kappa shape index (κ1) is 20.8. The van der Waals surface area contributed by atoms with Crippen LogP contribution in [0.4, 0.5) is 5.69 Å². The molecule has 0 spiro atoms. The highest BCUT2D eigenvalue weighted by atomic mass is 35.5. The van der Waals surface area contributed by atoms with Crippen LogP contribution in [0.3, 0.4) is 0 Å². The lowest BCUT2D eigenvalue weighted by atomic mass is 10.0. The minimum absolute atomic E-state index is 0.139. The highest BCUT2D eigenvalue weighted by Gasteiger charge is 2.34. The number of amides is 1. The van der Waals surface area contributed by atoms with Gasteiger partial charge in [0.1, 0.15) is 0 Å². The Hall–Kier alpha value is -1.89. The van der Waals surface area contributed by atoms with Crippen LogP contribution in [0.15, 0.2) is 47.4 Å². The average molecular weight is 421 g/mol. The molecule has 1 saturated heterocycles. The quantitative estimate of drug-likeness (QED) is 0.772. The lowest BCUT2D eigenvalue weighted by Crippen LogP contribution is -2.45. The van der Waals surface area contributed by atoms with Crippen molar-refractivity contribution in [2.45, 2.75) is 50.5 Å². The summed E-state index contributed by atoms with van der Waals surface area (Å²) in [6.45, 7) is 4.33. The van der Waals surface area contributed by atoms with Gasteiger partial charge in [-0.3, -0.25) is 4.79 Å². The van der Waals surface area contributed by atoms with Gasteiger partial charge in [-0.05, 0) is 68.1 Å². The van der Waals surface area contributed by atoms with E-state index in [9.17, 15) is 13.2 Å². The standard InChI is InChI=1S/C21H25ClN2O3S/c1-15-6-7-16(2)20(13-15)23-21(25)14-18-5-3-4-12-24(18)28(26,27)19-10-8-17(22)9-11-19/h6-11,13,18H,3-5,12,14H2,1-2H3,(H,23,25)/t18-/m1/s1. The Morgan fingerprint density at radius 1 is 1.14 bits per heavy atom. The van der Waals surface area contributed by atoms with Gasteiger partial charge in [-0.15, -0.1) is 0 Å². The molecule has 0 radical (unpaired) electrons. The van der Waals surface area contributed by atoms with E-state index in [1.54, 1.807) is 12.1 Å². The molecule has 2 aromatic rings. The molecule has 1 amide bonds. The van der Waals surface area contributed by atoms with E-state index in [2.05, 4.69) is 5.32 Å². The fourth-order valence-electron chi connectivity index (χ4n) is 3.52. The first-order valence-electron chi connectivity index (χ1n) is 9.42. The second-order valence-corrected chi connectivity index (χ2v) is 9.62. The van der Waals surface area contributed by atoms with Gasteiger partial charge < -0.3 is 5.32 Å². The van der Waals surface area contributed by atoms with Gasteiger partial charge in [0.2, 0.25) is 15.9 Å². The molecule has 1 heterocycles. The van der Waals surface area contributed by atoms with Crippen LogP contribution in [0.1, 0.15) is 36.8 Å². The fraction of sp³-hybridized carbons (Fsp3) is 0.381. The molecule has 0 unspecified atom stereocenters. The van der Waals surface area contributed by atoms with E-state index >= 15 is 0 Å². The highest BCUT2D eigenvalue weighted by molar-refractivity contribution is 7.89. The summed E-state index contributed by atoms with van der Waals surface area (Å²) in [7, 11) is -3.67. The van der Waals surface area contributed by atoms with Gasteiger partial charge in [0.25, 0.3) is 0 Å². The first-order valence-corrected chi connectivity index (χ1v) is 11.2. The molecule has 5 nitrogen and oxygen atoms in total. The van der Waals surface area contributed by atoms with Crippen molar-refractivity contribution in [2.24, 2.45) is 0 Å². The Kier molecular flexibility index (Phi) is 6.43. The van der Waals surface area contributed by atoms with Gasteiger partial charge in [0.05, 0.1) is 4.90 Å². The number of rotatable bonds is 5. The number of sulfonamides is 1. The van der Waals surface area contributed by atoms with Crippen LogP contribution >= 0.6 is 11.6 Å². The van der Waals surface area contributed by atoms with E-state index in [1.807, 2.05) is 32.0 Å². The van der Waals surface area contributed by atoms with Crippen LogP contribution in [0.5, 0.6) is 0 Å². The number of benzene rings is 2. The zero-order chi connectivity index (χ0) is 20.3. The zero-order valence-corrected chi connectivity index (χ0v) is 17.7. The Balaban J connectivity index is 1.76. The SMILES string of the molecule is Cc1ccc(C)c(NC(=O)C[C@H]2CCCCN2S(=O)(=O)c2ccc(Cl)cc2)c1. The van der Waals surface area contributed by atoms with Crippen molar-refractivity contribution in [2.75, 3.05) is 11.9 Å². The van der Waals surface area contributed by atoms with E-state index in [4.69, 9.17) is 11.6 Å². The van der Waals surface area contributed by atoms with Crippen molar-refractivity contribution in [3.63, 3.8) is 0 Å². The molecule has 1 atom stereocenters. The molecule has 150 valence electrons. The molecule has 1 aliphatic heterocycles. The molecule has 0 aliphatic carbocycles. The van der Waals surface area contributed by atoms with Gasteiger partial charge in [-0.1, -0.05) is 30.2 Å². The lowest BCUT2D eigenvalue weighted by molar-refractivity contribution is -0.117. The van der Waals surface area contributed by atoms with Crippen molar-refractivity contribution in [3.8, 4) is 0 Å². The van der Waals surface area contributed by atoms with E-state index < -0.39 is 10.0 Å². The summed E-state index contributed by atoms with van der Waals surface area (Å²) in [5, 5.41) is 3.43. The normalized spacial score (nSPS) is 18.0. The number of anilines is 1. The number of hydrogen-bond acceptors (Lipinski definition) is 3. The van der Waals surface area contributed by atoms with E-state index in [0.29, 0.717) is 18.0 Å². The molecule has 28 heavy (non-hydrogen) atoms. The van der Waals surface area contributed by atoms with E-state index in [-0.39, 0.29) is 23.3 Å². The molecular weight excluding hydrogens is 396 g/mol. The van der Waals surface area contributed by atoms with Gasteiger partial charge in [-0.2, -0.15) is 4.31 Å². The summed E-state index contributed by atoms with van der Waals surface area (Å²) in [5.74, 6) is -0.170. The van der Waals surface area contributed by atoms with Crippen LogP contribution in [-0.4, -0.2) is 31.2 Å². The number of piperidine rings is 1. The second-order valence-electron chi connectivity index (χ2n) is 7.29. The molecule has 2 aromatic carbocycles. The number of carbonyl (C=O) groups excluding carboxylic acids is 1. The van der Waals surface area contributed by atoms with Crippen LogP contribution in [0, 0.1) is 13.8 Å². The van der Waals surface area contributed by atoms with Crippen LogP contribution < -0.4 is 5.32 Å². The van der Waals surface area contributed by atoms with Crippen LogP contribution in [0.25, 0.3) is 0 Å². The van der Waals surface area contributed by atoms with Crippen LogP contribution in [-0.2, 0) is 14.8 Å². The number of nitrogens with one attached hydrogen (secondary N) is 1. The molecule has 3 rings (SSSR count). The molecule has 1 fully saturated rings. The minimum atomic E-state index is -3.67. The van der Waals surface area contributed by atoms with Gasteiger partial charge in [-0.25, -0.2) is 8.42 Å². The van der Waals surface area contributed by atoms with E-state index in [0.717, 1.165) is 29.7 Å². The molecule has 7 heteroatoms. The summed E-state index contributed by atoms with van der Waals surface area (Å²) in [4.78, 5) is 12.9. The summed E-state index contributed by atoms with van der Waals surface area (Å²) in [5.41, 5.74) is 2.81. The maximum atomic E-state index is 13.1. The maximum absolute atomic E-state index is 13.1. The monoisotopic (exact) mass is 420 g/mol. The fourth-order valence-corrected chi connectivity index (χ4v) is 5.34. The van der Waals surface area contributed by atoms with Gasteiger partial charge in [0.15, 0.2) is 0 Å². The smallest absolute Gasteiger partial charge is 0.243 e. The Labute approximate surface area is 171 Å². The van der Waals surface area contributed by atoms with E-state index in [1.165, 1.54) is 16.4 Å². The van der Waals surface area contributed by atoms with Gasteiger partial charge in [0, 0.05) is 29.7 Å². The van der Waals surface area contributed by atoms with Crippen molar-refractivity contribution >= 4 is 33.2 Å². The molecular formula is C21H25ClN2O3S. The Bertz CT molecular complexity index is 958. The number of hydrogen-bond donors (Lipinski definition) is 1. The summed E-state index contributed by atoms with van der Waals surface area (Å²) in [6.07, 6.45) is 2.52. The summed E-state index contributed by atoms with van der Waals surface area (Å²) in [6, 6.07) is 11.7. The van der Waals surface area contributed by atoms with Crippen molar-refractivity contribution in [1.82, 2.24) is 4.31 Å². The largest absolute Gasteiger partial charge is 0.326 e. The predicted octanol–water partition coefficient (Wildman–Crippen LogP) is 4.53. The Morgan fingerprint density at radius 2 is 1.86 bits per heavy atom. The maximum Gasteiger partial charge on any atom is 0.243 e. The number of aryl methyl sites for hydroxylation is 2. The topological polar surface area (TPSA) is 66.5 Å². The highest BCUT2D eigenvalue weighted by Crippen LogP contribution is 2.28. The molecule has 0 saturated carbocycles. The molecule has 1 N–H and O–H groups in total. The number of nitrogens with zero attached hydrogens (tertiary/aromatic N) is 1. The first-order chi connectivity index (χ1) is 13.3. The lowest BCUT2D eigenvalue weighted by Gasteiger charge is -2.34. The Morgan fingerprint density at radius 3 is 2.57 bits per heavy atom. The third kappa shape index (κ3) is 4.74. The average Bonchev–Trinajstić information content (AvgIpc) is 2.65. The summed E-state index contributed by atoms with van der Waals surface area (Å²) >= 11 is 5.88. The predicted molar refractivity (Wildman–Crippen MR) is 112 cm³/mol. The molecule has 0 aromatic heterocycles. The third-order valence-corrected chi connectivity index (χ3v) is 7.30. The molecule has 0 bridgehead atoms. The zero-order valence-electron chi connectivity index (χ0n) is 16.1. The number of halogens is 1. The third-order valence-electron chi connectivity index (χ3n) is 5.08. The van der Waals surface area contributed by atoms with Crippen molar-refractivity contribution in [3.05, 3.63) is 58.6 Å². The van der Waals surface area contributed by atoms with Gasteiger partial charge >= 0.3 is 0 Å².